The summed E-state index contributed by atoms with van der Waals surface area (Å²) in [6.07, 6.45) is 8.07. The van der Waals surface area contributed by atoms with Crippen LogP contribution in [0.4, 0.5) is 0 Å². The Bertz CT molecular complexity index is 228. The van der Waals surface area contributed by atoms with Crippen molar-refractivity contribution in [3.05, 3.63) is 12.3 Å². The topological polar surface area (TPSA) is 49.4 Å². The lowest BCUT2D eigenvalue weighted by Crippen LogP contribution is -2.18. The Balaban J connectivity index is 4.02. The summed E-state index contributed by atoms with van der Waals surface area (Å²) >= 11 is 0. The van der Waals surface area contributed by atoms with Crippen LogP contribution in [0.1, 0.15) is 0 Å². The molecule has 4 heteroatoms. The summed E-state index contributed by atoms with van der Waals surface area (Å²) < 4.78 is 0. The lowest BCUT2D eigenvalue weighted by Gasteiger charge is -2.05. The van der Waals surface area contributed by atoms with Gasteiger partial charge in [0.1, 0.15) is 0 Å². The molecular formula is C8H10N2O2. The van der Waals surface area contributed by atoms with Crippen molar-refractivity contribution in [2.45, 2.75) is 0 Å². The number of hydrogen-bond acceptors (Lipinski definition) is 2. The highest BCUT2D eigenvalue weighted by atomic mass is 16.1. The number of amides is 2. The standard InChI is InChI=1S/C8H10N2O2/c1-3-5-10(7-11)6-4-8(12)9-2/h1,4,6-7H,5H2,2H3,(H,9,12)/b6-4-. The molecule has 0 saturated carbocycles. The quantitative estimate of drug-likeness (QED) is 0.342. The number of terminal acetylenes is 1. The van der Waals surface area contributed by atoms with Crippen molar-refractivity contribution in [3.63, 3.8) is 0 Å². The Kier molecular flexibility index (Phi) is 5.11. The fourth-order valence-electron chi connectivity index (χ4n) is 0.477. The maximum Gasteiger partial charge on any atom is 0.245 e. The molecule has 0 aromatic carbocycles. The average Bonchev–Trinajstić information content (AvgIpc) is 2.11. The van der Waals surface area contributed by atoms with Gasteiger partial charge >= 0.3 is 0 Å². The molecule has 0 aromatic rings. The lowest BCUT2D eigenvalue weighted by molar-refractivity contribution is -0.116. The number of nitrogens with one attached hydrogen (secondary N) is 1. The van der Waals surface area contributed by atoms with Crippen LogP contribution in [0.3, 0.4) is 0 Å². The highest BCUT2D eigenvalue weighted by Gasteiger charge is 1.93. The first-order valence-corrected chi connectivity index (χ1v) is 3.29. The zero-order valence-corrected chi connectivity index (χ0v) is 6.78. The molecule has 0 aliphatic carbocycles. The van der Waals surface area contributed by atoms with E-state index >= 15 is 0 Å². The van der Waals surface area contributed by atoms with Crippen LogP contribution >= 0.6 is 0 Å². The summed E-state index contributed by atoms with van der Waals surface area (Å²) in [4.78, 5) is 22.1. The summed E-state index contributed by atoms with van der Waals surface area (Å²) in [5, 5.41) is 2.37. The van der Waals surface area contributed by atoms with E-state index in [0.29, 0.717) is 6.41 Å². The molecule has 0 atom stereocenters. The maximum absolute atomic E-state index is 10.6. The molecule has 0 unspecified atom stereocenters. The number of carbonyl (C=O) groups is 2. The molecule has 64 valence electrons. The van der Waals surface area contributed by atoms with Gasteiger partial charge in [0.15, 0.2) is 0 Å². The Labute approximate surface area is 71.2 Å². The third-order valence-corrected chi connectivity index (χ3v) is 1.07. The van der Waals surface area contributed by atoms with Gasteiger partial charge in [-0.1, -0.05) is 5.92 Å². The van der Waals surface area contributed by atoms with Gasteiger partial charge in [-0.05, 0) is 0 Å². The largest absolute Gasteiger partial charge is 0.356 e. The van der Waals surface area contributed by atoms with E-state index in [1.54, 1.807) is 0 Å². The van der Waals surface area contributed by atoms with Crippen molar-refractivity contribution >= 4 is 12.3 Å². The molecule has 0 rings (SSSR count). The van der Waals surface area contributed by atoms with Crippen molar-refractivity contribution in [1.82, 2.24) is 10.2 Å². The van der Waals surface area contributed by atoms with Crippen LogP contribution < -0.4 is 5.32 Å². The normalized spacial score (nSPS) is 9.00. The molecule has 0 aliphatic heterocycles. The van der Waals surface area contributed by atoms with E-state index in [9.17, 15) is 9.59 Å². The van der Waals surface area contributed by atoms with Crippen LogP contribution in [0, 0.1) is 12.3 Å². The first-order chi connectivity index (χ1) is 5.74. The number of hydrogen-bond donors (Lipinski definition) is 1. The van der Waals surface area contributed by atoms with Gasteiger partial charge in [-0.15, -0.1) is 6.42 Å². The van der Waals surface area contributed by atoms with Gasteiger partial charge in [0.05, 0.1) is 6.54 Å². The van der Waals surface area contributed by atoms with Crippen LogP contribution in [0.5, 0.6) is 0 Å². The van der Waals surface area contributed by atoms with Crippen LogP contribution in [0.2, 0.25) is 0 Å². The second kappa shape index (κ2) is 5.98. The van der Waals surface area contributed by atoms with Gasteiger partial charge in [-0.2, -0.15) is 0 Å². The van der Waals surface area contributed by atoms with Crippen LogP contribution in [0.25, 0.3) is 0 Å². The summed E-state index contributed by atoms with van der Waals surface area (Å²) in [6.45, 7) is 0.164. The van der Waals surface area contributed by atoms with Crippen molar-refractivity contribution in [3.8, 4) is 12.3 Å². The van der Waals surface area contributed by atoms with E-state index < -0.39 is 0 Å². The average molecular weight is 166 g/mol. The van der Waals surface area contributed by atoms with E-state index in [1.165, 1.54) is 24.2 Å². The van der Waals surface area contributed by atoms with Gasteiger partial charge in [-0.25, -0.2) is 0 Å². The number of nitrogens with zero attached hydrogens (tertiary/aromatic N) is 1. The van der Waals surface area contributed by atoms with Gasteiger partial charge in [-0.3, -0.25) is 9.59 Å². The fourth-order valence-corrected chi connectivity index (χ4v) is 0.477. The van der Waals surface area contributed by atoms with Gasteiger partial charge in [0.2, 0.25) is 12.3 Å². The van der Waals surface area contributed by atoms with Crippen LogP contribution in [-0.4, -0.2) is 30.8 Å². The van der Waals surface area contributed by atoms with Crippen molar-refractivity contribution < 1.29 is 9.59 Å². The molecule has 4 nitrogen and oxygen atoms in total. The summed E-state index contributed by atoms with van der Waals surface area (Å²) in [6, 6.07) is 0. The number of carbonyl (C=O) groups excluding carboxylic acids is 2. The minimum atomic E-state index is -0.279. The van der Waals surface area contributed by atoms with Gasteiger partial charge in [0, 0.05) is 19.3 Å². The Morgan fingerprint density at radius 3 is 2.83 bits per heavy atom. The third-order valence-electron chi connectivity index (χ3n) is 1.07. The molecule has 12 heavy (non-hydrogen) atoms. The minimum absolute atomic E-state index is 0.164. The molecule has 0 spiro atoms. The molecule has 2 amide bonds. The second-order valence-electron chi connectivity index (χ2n) is 1.91. The Hall–Kier alpha value is -1.76. The van der Waals surface area contributed by atoms with E-state index in [1.807, 2.05) is 0 Å². The first kappa shape index (κ1) is 10.2. The van der Waals surface area contributed by atoms with Crippen LogP contribution in [0.15, 0.2) is 12.3 Å². The Morgan fingerprint density at radius 2 is 2.42 bits per heavy atom. The fraction of sp³-hybridized carbons (Fsp3) is 0.250. The molecule has 0 saturated heterocycles. The smallest absolute Gasteiger partial charge is 0.245 e. The highest BCUT2D eigenvalue weighted by molar-refractivity contribution is 5.87. The first-order valence-electron chi connectivity index (χ1n) is 3.29. The highest BCUT2D eigenvalue weighted by Crippen LogP contribution is 1.83. The lowest BCUT2D eigenvalue weighted by atomic mass is 10.5. The maximum atomic E-state index is 10.6. The second-order valence-corrected chi connectivity index (χ2v) is 1.91. The van der Waals surface area contributed by atoms with Crippen molar-refractivity contribution in [2.75, 3.05) is 13.6 Å². The van der Waals surface area contributed by atoms with E-state index in [-0.39, 0.29) is 12.5 Å². The SMILES string of the molecule is C#CCN(C=O)/C=C\C(=O)NC. The summed E-state index contributed by atoms with van der Waals surface area (Å²) in [5.74, 6) is 1.99. The molecule has 0 aromatic heterocycles. The molecule has 0 radical (unpaired) electrons. The van der Waals surface area contributed by atoms with Gasteiger partial charge < -0.3 is 10.2 Å². The molecule has 0 aliphatic rings. The predicted molar refractivity (Wildman–Crippen MR) is 44.8 cm³/mol. The molecular weight excluding hydrogens is 156 g/mol. The molecule has 1 N–H and O–H groups in total. The van der Waals surface area contributed by atoms with E-state index in [0.717, 1.165) is 0 Å². The zero-order chi connectivity index (χ0) is 9.40. The number of likely N-dealkylation sites (N-methyl/N-ethyl adjacent to an activating group) is 1. The van der Waals surface area contributed by atoms with Crippen molar-refractivity contribution in [1.29, 1.82) is 0 Å². The molecule has 0 bridgehead atoms. The summed E-state index contributed by atoms with van der Waals surface area (Å²) in [5.41, 5.74) is 0. The van der Waals surface area contributed by atoms with Crippen LogP contribution in [-0.2, 0) is 9.59 Å². The molecule has 0 heterocycles. The monoisotopic (exact) mass is 166 g/mol. The number of rotatable bonds is 4. The minimum Gasteiger partial charge on any atom is -0.356 e. The van der Waals surface area contributed by atoms with Crippen molar-refractivity contribution in [2.24, 2.45) is 0 Å². The summed E-state index contributed by atoms with van der Waals surface area (Å²) in [7, 11) is 1.50. The Morgan fingerprint density at radius 1 is 1.75 bits per heavy atom. The third kappa shape index (κ3) is 4.12. The predicted octanol–water partition coefficient (Wildman–Crippen LogP) is -0.662. The van der Waals surface area contributed by atoms with Gasteiger partial charge in [0.25, 0.3) is 0 Å². The van der Waals surface area contributed by atoms with E-state index in [4.69, 9.17) is 6.42 Å². The van der Waals surface area contributed by atoms with E-state index in [2.05, 4.69) is 11.2 Å². The zero-order valence-electron chi connectivity index (χ0n) is 6.78. The molecule has 0 fully saturated rings.